The standard InChI is InChI=1S/C21H18F3N7O2S/c1-10-4-5-12(6-13(10)21(22,23)24)30-18(32)14-7-25-20(34-14)11(2)29-19(33)16-15-17(27-8-26-16)31(3)9-28-15/h4-9,11H,1-3H3,(H,29,33)(H,30,32). The topological polar surface area (TPSA) is 115 Å². The molecule has 1 aromatic carbocycles. The van der Waals surface area contributed by atoms with E-state index in [0.29, 0.717) is 16.2 Å². The summed E-state index contributed by atoms with van der Waals surface area (Å²) in [6, 6.07) is 3.01. The molecule has 0 saturated carbocycles. The van der Waals surface area contributed by atoms with E-state index in [1.807, 2.05) is 0 Å². The summed E-state index contributed by atoms with van der Waals surface area (Å²) in [5.74, 6) is -1.09. The van der Waals surface area contributed by atoms with Gasteiger partial charge in [-0.05, 0) is 31.5 Å². The Morgan fingerprint density at radius 2 is 1.88 bits per heavy atom. The Hall–Kier alpha value is -3.87. The summed E-state index contributed by atoms with van der Waals surface area (Å²) >= 11 is 1.01. The largest absolute Gasteiger partial charge is 0.416 e. The first-order valence-corrected chi connectivity index (χ1v) is 10.7. The van der Waals surface area contributed by atoms with Crippen molar-refractivity contribution in [3.05, 3.63) is 63.8 Å². The van der Waals surface area contributed by atoms with Crippen molar-refractivity contribution >= 4 is 40.0 Å². The number of nitrogens with one attached hydrogen (secondary N) is 2. The second-order valence-corrected chi connectivity index (χ2v) is 8.55. The first-order valence-electron chi connectivity index (χ1n) is 9.92. The highest BCUT2D eigenvalue weighted by Crippen LogP contribution is 2.33. The smallest absolute Gasteiger partial charge is 0.342 e. The van der Waals surface area contributed by atoms with Crippen LogP contribution in [0.1, 0.15) is 49.3 Å². The minimum Gasteiger partial charge on any atom is -0.342 e. The van der Waals surface area contributed by atoms with E-state index < -0.39 is 29.6 Å². The van der Waals surface area contributed by atoms with Crippen LogP contribution in [0.25, 0.3) is 11.2 Å². The fourth-order valence-corrected chi connectivity index (χ4v) is 4.04. The minimum absolute atomic E-state index is 0.0161. The van der Waals surface area contributed by atoms with E-state index in [0.717, 1.165) is 17.4 Å². The predicted molar refractivity (Wildman–Crippen MR) is 118 cm³/mol. The summed E-state index contributed by atoms with van der Waals surface area (Å²) in [6.07, 6.45) is -0.430. The number of carbonyl (C=O) groups is 2. The van der Waals surface area contributed by atoms with E-state index in [1.54, 1.807) is 18.5 Å². The van der Waals surface area contributed by atoms with Gasteiger partial charge in [-0.1, -0.05) is 6.07 Å². The third kappa shape index (κ3) is 4.59. The van der Waals surface area contributed by atoms with Crippen molar-refractivity contribution < 1.29 is 22.8 Å². The van der Waals surface area contributed by atoms with Crippen molar-refractivity contribution in [2.24, 2.45) is 7.05 Å². The van der Waals surface area contributed by atoms with Crippen LogP contribution in [0.4, 0.5) is 18.9 Å². The summed E-state index contributed by atoms with van der Waals surface area (Å²) in [6.45, 7) is 3.03. The van der Waals surface area contributed by atoms with E-state index >= 15 is 0 Å². The van der Waals surface area contributed by atoms with Crippen LogP contribution in [0.3, 0.4) is 0 Å². The molecule has 9 nitrogen and oxygen atoms in total. The van der Waals surface area contributed by atoms with Gasteiger partial charge in [0.05, 0.1) is 24.1 Å². The Labute approximate surface area is 195 Å². The number of aryl methyl sites for hydroxylation is 2. The number of aromatic nitrogens is 5. The molecular formula is C21H18F3N7O2S. The number of halogens is 3. The number of benzene rings is 1. The zero-order valence-electron chi connectivity index (χ0n) is 18.1. The van der Waals surface area contributed by atoms with Crippen LogP contribution in [-0.2, 0) is 13.2 Å². The molecule has 2 amide bonds. The Balaban J connectivity index is 1.46. The summed E-state index contributed by atoms with van der Waals surface area (Å²) < 4.78 is 41.0. The number of nitrogens with zero attached hydrogens (tertiary/aromatic N) is 5. The molecule has 0 fully saturated rings. The molecule has 4 aromatic rings. The van der Waals surface area contributed by atoms with E-state index in [1.165, 1.54) is 37.9 Å². The number of anilines is 1. The lowest BCUT2D eigenvalue weighted by atomic mass is 10.1. The van der Waals surface area contributed by atoms with Gasteiger partial charge in [-0.3, -0.25) is 9.59 Å². The molecule has 1 atom stereocenters. The van der Waals surface area contributed by atoms with Crippen LogP contribution in [0.5, 0.6) is 0 Å². The Kier molecular flexibility index (Phi) is 6.04. The molecule has 4 rings (SSSR count). The third-order valence-corrected chi connectivity index (χ3v) is 6.16. The average molecular weight is 489 g/mol. The minimum atomic E-state index is -4.53. The lowest BCUT2D eigenvalue weighted by molar-refractivity contribution is -0.138. The molecule has 0 radical (unpaired) electrons. The maximum atomic E-state index is 13.1. The summed E-state index contributed by atoms with van der Waals surface area (Å²) in [5.41, 5.74) is 0.213. The fraction of sp³-hybridized carbons (Fsp3) is 0.238. The Bertz CT molecular complexity index is 1400. The number of hydrogen-bond donors (Lipinski definition) is 2. The van der Waals surface area contributed by atoms with Gasteiger partial charge in [0.15, 0.2) is 11.3 Å². The molecule has 0 aliphatic heterocycles. The van der Waals surface area contributed by atoms with Gasteiger partial charge in [0, 0.05) is 12.7 Å². The molecule has 34 heavy (non-hydrogen) atoms. The molecule has 3 aromatic heterocycles. The summed E-state index contributed by atoms with van der Waals surface area (Å²) in [4.78, 5) is 41.9. The van der Waals surface area contributed by atoms with E-state index in [4.69, 9.17) is 0 Å². The number of hydrogen-bond acceptors (Lipinski definition) is 7. The van der Waals surface area contributed by atoms with E-state index in [-0.39, 0.29) is 21.8 Å². The van der Waals surface area contributed by atoms with Crippen molar-refractivity contribution in [3.63, 3.8) is 0 Å². The molecule has 3 heterocycles. The second-order valence-electron chi connectivity index (χ2n) is 7.49. The average Bonchev–Trinajstić information content (AvgIpc) is 3.42. The fourth-order valence-electron chi connectivity index (χ4n) is 3.23. The normalized spacial score (nSPS) is 12.5. The van der Waals surface area contributed by atoms with Gasteiger partial charge in [0.25, 0.3) is 11.8 Å². The Morgan fingerprint density at radius 3 is 2.62 bits per heavy atom. The maximum absolute atomic E-state index is 13.1. The number of imidazole rings is 1. The maximum Gasteiger partial charge on any atom is 0.416 e. The van der Waals surface area contributed by atoms with Gasteiger partial charge >= 0.3 is 6.18 Å². The highest BCUT2D eigenvalue weighted by Gasteiger charge is 2.32. The second kappa shape index (κ2) is 8.82. The van der Waals surface area contributed by atoms with Crippen LogP contribution in [-0.4, -0.2) is 36.3 Å². The summed E-state index contributed by atoms with van der Waals surface area (Å²) in [5, 5.41) is 5.65. The third-order valence-electron chi connectivity index (χ3n) is 4.98. The Morgan fingerprint density at radius 1 is 1.12 bits per heavy atom. The first kappa shape index (κ1) is 23.3. The van der Waals surface area contributed by atoms with Crippen LogP contribution in [0.15, 0.2) is 37.1 Å². The van der Waals surface area contributed by atoms with Crippen LogP contribution in [0.2, 0.25) is 0 Å². The molecule has 13 heteroatoms. The van der Waals surface area contributed by atoms with Crippen molar-refractivity contribution in [1.29, 1.82) is 0 Å². The monoisotopic (exact) mass is 489 g/mol. The lowest BCUT2D eigenvalue weighted by Gasteiger charge is -2.12. The van der Waals surface area contributed by atoms with Crippen LogP contribution in [0, 0.1) is 6.92 Å². The van der Waals surface area contributed by atoms with E-state index in [2.05, 4.69) is 30.6 Å². The quantitative estimate of drug-likeness (QED) is 0.440. The number of fused-ring (bicyclic) bond motifs is 1. The molecule has 2 N–H and O–H groups in total. The van der Waals surface area contributed by atoms with Crippen LogP contribution >= 0.6 is 11.3 Å². The highest BCUT2D eigenvalue weighted by atomic mass is 32.1. The predicted octanol–water partition coefficient (Wildman–Crippen LogP) is 3.89. The summed E-state index contributed by atoms with van der Waals surface area (Å²) in [7, 11) is 1.75. The molecule has 0 bridgehead atoms. The van der Waals surface area contributed by atoms with Gasteiger partial charge in [0.2, 0.25) is 0 Å². The molecule has 0 saturated heterocycles. The molecule has 0 aliphatic carbocycles. The lowest BCUT2D eigenvalue weighted by Crippen LogP contribution is -2.27. The SMILES string of the molecule is Cc1ccc(NC(=O)c2cnc(C(C)NC(=O)c3ncnc4c3ncn4C)s2)cc1C(F)(F)F. The van der Waals surface area contributed by atoms with Gasteiger partial charge < -0.3 is 15.2 Å². The van der Waals surface area contributed by atoms with E-state index in [9.17, 15) is 22.8 Å². The number of carbonyl (C=O) groups excluding carboxylic acids is 2. The number of alkyl halides is 3. The molecular weight excluding hydrogens is 471 g/mol. The first-order chi connectivity index (χ1) is 16.0. The van der Waals surface area contributed by atoms with Gasteiger partial charge in [-0.15, -0.1) is 11.3 Å². The zero-order valence-corrected chi connectivity index (χ0v) is 19.0. The molecule has 176 valence electrons. The van der Waals surface area contributed by atoms with Crippen LogP contribution < -0.4 is 10.6 Å². The van der Waals surface area contributed by atoms with Gasteiger partial charge in [0.1, 0.15) is 21.7 Å². The number of rotatable bonds is 5. The van der Waals surface area contributed by atoms with Gasteiger partial charge in [-0.25, -0.2) is 19.9 Å². The number of amides is 2. The number of thiazole rings is 1. The van der Waals surface area contributed by atoms with Crippen molar-refractivity contribution in [1.82, 2.24) is 29.8 Å². The van der Waals surface area contributed by atoms with Crippen molar-refractivity contribution in [2.75, 3.05) is 5.32 Å². The van der Waals surface area contributed by atoms with Gasteiger partial charge in [-0.2, -0.15) is 13.2 Å². The molecule has 1 unspecified atom stereocenters. The van der Waals surface area contributed by atoms with Crippen molar-refractivity contribution in [3.8, 4) is 0 Å². The zero-order chi connectivity index (χ0) is 24.6. The highest BCUT2D eigenvalue weighted by molar-refractivity contribution is 7.13. The van der Waals surface area contributed by atoms with Crippen molar-refractivity contribution in [2.45, 2.75) is 26.1 Å². The molecule has 0 spiro atoms. The molecule has 0 aliphatic rings.